The molecule has 0 saturated carbocycles. The predicted molar refractivity (Wildman–Crippen MR) is 133 cm³/mol. The van der Waals surface area contributed by atoms with Gasteiger partial charge in [-0.1, -0.05) is 23.8 Å². The van der Waals surface area contributed by atoms with Crippen molar-refractivity contribution in [2.75, 3.05) is 30.4 Å². The second-order valence-electron chi connectivity index (χ2n) is 9.19. The number of carbonyl (C=O) groups excluding carboxylic acids is 2. The number of thioether (sulfide) groups is 1. The monoisotopic (exact) mass is 468 g/mol. The van der Waals surface area contributed by atoms with Crippen LogP contribution in [-0.2, 0) is 11.3 Å². The highest BCUT2D eigenvalue weighted by molar-refractivity contribution is 7.98. The zero-order valence-electron chi connectivity index (χ0n) is 19.5. The molecule has 0 aliphatic carbocycles. The standard InChI is InChI=1S/C25H32N4O3S/c1-16-7-8-20(17(2)11-16)26-24(31)21(9-10-33-3)27-25(32)28-13-18-12-19(15-28)22-5-4-6-23(30)29(22)14-18/h4-8,11,18-19,21H,9-10,12-15H2,1-3H3,(H,26,31)(H,27,32)/t18-,19-,21-/m0/s1. The number of pyridine rings is 1. The molecule has 176 valence electrons. The molecule has 0 spiro atoms. The van der Waals surface area contributed by atoms with Gasteiger partial charge in [0.05, 0.1) is 0 Å². The molecule has 3 amide bonds. The summed E-state index contributed by atoms with van der Waals surface area (Å²) in [6.45, 7) is 5.77. The smallest absolute Gasteiger partial charge is 0.318 e. The highest BCUT2D eigenvalue weighted by Crippen LogP contribution is 2.34. The number of fused-ring (bicyclic) bond motifs is 4. The van der Waals surface area contributed by atoms with Crippen LogP contribution in [0.1, 0.15) is 35.6 Å². The van der Waals surface area contributed by atoms with E-state index in [2.05, 4.69) is 10.6 Å². The molecule has 2 bridgehead atoms. The maximum Gasteiger partial charge on any atom is 0.318 e. The molecule has 8 heteroatoms. The molecule has 33 heavy (non-hydrogen) atoms. The van der Waals surface area contributed by atoms with Crippen LogP contribution in [0.2, 0.25) is 0 Å². The molecule has 1 saturated heterocycles. The highest BCUT2D eigenvalue weighted by atomic mass is 32.2. The number of piperidine rings is 1. The number of anilines is 1. The topological polar surface area (TPSA) is 83.4 Å². The number of hydrogen-bond acceptors (Lipinski definition) is 4. The first-order valence-electron chi connectivity index (χ1n) is 11.5. The van der Waals surface area contributed by atoms with Gasteiger partial charge in [-0.25, -0.2) is 4.79 Å². The van der Waals surface area contributed by atoms with Gasteiger partial charge in [0, 0.05) is 43.0 Å². The fourth-order valence-electron chi connectivity index (χ4n) is 4.98. The third-order valence-corrected chi connectivity index (χ3v) is 7.28. The van der Waals surface area contributed by atoms with E-state index in [9.17, 15) is 14.4 Å². The Labute approximate surface area is 198 Å². The van der Waals surface area contributed by atoms with Gasteiger partial charge >= 0.3 is 6.03 Å². The quantitative estimate of drug-likeness (QED) is 0.681. The molecule has 3 heterocycles. The number of likely N-dealkylation sites (tertiary alicyclic amines) is 1. The Morgan fingerprint density at radius 1 is 1.15 bits per heavy atom. The normalized spacial score (nSPS) is 20.0. The number of aromatic nitrogens is 1. The SMILES string of the molecule is CSCC[C@H](NC(=O)N1C[C@@H]2C[C@@H](C1)c1cccc(=O)n1C2)C(=O)Nc1ccc(C)cc1C. The second-order valence-corrected chi connectivity index (χ2v) is 10.2. The second kappa shape index (κ2) is 10.0. The van der Waals surface area contributed by atoms with Gasteiger partial charge in [-0.15, -0.1) is 0 Å². The predicted octanol–water partition coefficient (Wildman–Crippen LogP) is 3.35. The molecular weight excluding hydrogens is 436 g/mol. The molecule has 2 aromatic rings. The van der Waals surface area contributed by atoms with E-state index >= 15 is 0 Å². The van der Waals surface area contributed by atoms with Crippen LogP contribution in [0, 0.1) is 19.8 Å². The van der Waals surface area contributed by atoms with E-state index in [0.717, 1.165) is 34.7 Å². The van der Waals surface area contributed by atoms with Gasteiger partial charge < -0.3 is 20.1 Å². The molecule has 0 unspecified atom stereocenters. The number of rotatable bonds is 6. The van der Waals surface area contributed by atoms with E-state index in [1.807, 2.05) is 53.8 Å². The lowest BCUT2D eigenvalue weighted by molar-refractivity contribution is -0.118. The van der Waals surface area contributed by atoms with Crippen molar-refractivity contribution in [2.24, 2.45) is 5.92 Å². The summed E-state index contributed by atoms with van der Waals surface area (Å²) >= 11 is 1.65. The van der Waals surface area contributed by atoms with Gasteiger partial charge in [0.1, 0.15) is 6.04 Å². The molecule has 4 rings (SSSR count). The zero-order chi connectivity index (χ0) is 23.5. The first kappa shape index (κ1) is 23.4. The molecule has 1 aromatic heterocycles. The minimum absolute atomic E-state index is 0.0281. The minimum Gasteiger partial charge on any atom is -0.326 e. The van der Waals surface area contributed by atoms with E-state index in [-0.39, 0.29) is 29.3 Å². The lowest BCUT2D eigenvalue weighted by Crippen LogP contribution is -2.55. The molecule has 2 aliphatic heterocycles. The average molecular weight is 469 g/mol. The Morgan fingerprint density at radius 2 is 1.97 bits per heavy atom. The maximum atomic E-state index is 13.2. The number of nitrogens with zero attached hydrogens (tertiary/aromatic N) is 2. The van der Waals surface area contributed by atoms with E-state index in [0.29, 0.717) is 26.1 Å². The minimum atomic E-state index is -0.609. The van der Waals surface area contributed by atoms with Crippen LogP contribution < -0.4 is 16.2 Å². The van der Waals surface area contributed by atoms with Crippen molar-refractivity contribution in [3.05, 3.63) is 63.6 Å². The van der Waals surface area contributed by atoms with E-state index < -0.39 is 6.04 Å². The number of aryl methyl sites for hydroxylation is 2. The van der Waals surface area contributed by atoms with Crippen LogP contribution in [0.5, 0.6) is 0 Å². The van der Waals surface area contributed by atoms with Crippen LogP contribution in [0.15, 0.2) is 41.2 Å². The zero-order valence-corrected chi connectivity index (χ0v) is 20.3. The summed E-state index contributed by atoms with van der Waals surface area (Å²) in [6.07, 6.45) is 3.53. The highest BCUT2D eigenvalue weighted by Gasteiger charge is 2.37. The van der Waals surface area contributed by atoms with Crippen LogP contribution in [0.25, 0.3) is 0 Å². The van der Waals surface area contributed by atoms with Gasteiger partial charge in [-0.05, 0) is 62.3 Å². The molecule has 2 aliphatic rings. The molecule has 1 aromatic carbocycles. The van der Waals surface area contributed by atoms with Crippen molar-refractivity contribution in [3.63, 3.8) is 0 Å². The maximum absolute atomic E-state index is 13.2. The molecule has 1 fully saturated rings. The summed E-state index contributed by atoms with van der Waals surface area (Å²) in [4.78, 5) is 40.4. The summed E-state index contributed by atoms with van der Waals surface area (Å²) < 4.78 is 1.85. The summed E-state index contributed by atoms with van der Waals surface area (Å²) in [5, 5.41) is 5.98. The lowest BCUT2D eigenvalue weighted by atomic mass is 9.83. The first-order chi connectivity index (χ1) is 15.9. The molecule has 3 atom stereocenters. The van der Waals surface area contributed by atoms with Crippen molar-refractivity contribution < 1.29 is 9.59 Å². The Bertz CT molecular complexity index is 1100. The number of amides is 3. The van der Waals surface area contributed by atoms with Crippen molar-refractivity contribution in [3.8, 4) is 0 Å². The summed E-state index contributed by atoms with van der Waals surface area (Å²) in [5.41, 5.74) is 3.93. The van der Waals surface area contributed by atoms with Crippen LogP contribution in [-0.4, -0.2) is 52.5 Å². The van der Waals surface area contributed by atoms with Crippen LogP contribution >= 0.6 is 11.8 Å². The average Bonchev–Trinajstić information content (AvgIpc) is 2.79. The molecule has 7 nitrogen and oxygen atoms in total. The van der Waals surface area contributed by atoms with Gasteiger partial charge in [0.2, 0.25) is 5.91 Å². The van der Waals surface area contributed by atoms with E-state index in [4.69, 9.17) is 0 Å². The number of carbonyl (C=O) groups is 2. The van der Waals surface area contributed by atoms with Crippen molar-refractivity contribution >= 4 is 29.4 Å². The Morgan fingerprint density at radius 3 is 2.73 bits per heavy atom. The van der Waals surface area contributed by atoms with Gasteiger partial charge in [0.25, 0.3) is 5.56 Å². The van der Waals surface area contributed by atoms with Crippen LogP contribution in [0.4, 0.5) is 10.5 Å². The van der Waals surface area contributed by atoms with Gasteiger partial charge in [0.15, 0.2) is 0 Å². The van der Waals surface area contributed by atoms with Crippen LogP contribution in [0.3, 0.4) is 0 Å². The lowest BCUT2D eigenvalue weighted by Gasteiger charge is -2.43. The van der Waals surface area contributed by atoms with Crippen molar-refractivity contribution in [1.29, 1.82) is 0 Å². The van der Waals surface area contributed by atoms with E-state index in [1.54, 1.807) is 23.9 Å². The van der Waals surface area contributed by atoms with Crippen molar-refractivity contribution in [1.82, 2.24) is 14.8 Å². The third-order valence-electron chi connectivity index (χ3n) is 6.63. The number of urea groups is 1. The van der Waals surface area contributed by atoms with E-state index in [1.165, 1.54) is 0 Å². The summed E-state index contributed by atoms with van der Waals surface area (Å²) in [7, 11) is 0. The Hall–Kier alpha value is -2.74. The molecule has 2 N–H and O–H groups in total. The van der Waals surface area contributed by atoms with Gasteiger partial charge in [-0.2, -0.15) is 11.8 Å². The summed E-state index contributed by atoms with van der Waals surface area (Å²) in [5.74, 6) is 0.965. The van der Waals surface area contributed by atoms with Gasteiger partial charge in [-0.3, -0.25) is 9.59 Å². The number of benzene rings is 1. The first-order valence-corrected chi connectivity index (χ1v) is 12.9. The Kier molecular flexibility index (Phi) is 7.12. The van der Waals surface area contributed by atoms with Crippen molar-refractivity contribution in [2.45, 2.75) is 45.2 Å². The fourth-order valence-corrected chi connectivity index (χ4v) is 5.45. The number of nitrogens with one attached hydrogen (secondary N) is 2. The fraction of sp³-hybridized carbons (Fsp3) is 0.480. The Balaban J connectivity index is 1.45. The molecule has 0 radical (unpaired) electrons. The summed E-state index contributed by atoms with van der Waals surface area (Å²) in [6, 6.07) is 10.5. The third kappa shape index (κ3) is 5.27. The number of hydrogen-bond donors (Lipinski definition) is 2. The molecular formula is C25H32N4O3S. The largest absolute Gasteiger partial charge is 0.326 e.